The highest BCUT2D eigenvalue weighted by Crippen LogP contribution is 2.28. The van der Waals surface area contributed by atoms with E-state index in [1.54, 1.807) is 12.1 Å². The van der Waals surface area contributed by atoms with Gasteiger partial charge in [0, 0.05) is 5.02 Å². The molecule has 5 aromatic rings. The van der Waals surface area contributed by atoms with Gasteiger partial charge in [0.15, 0.2) is 21.0 Å². The summed E-state index contributed by atoms with van der Waals surface area (Å²) in [6, 6.07) is 21.6. The molecule has 0 aliphatic heterocycles. The number of para-hydroxylation sites is 4. The van der Waals surface area contributed by atoms with Crippen LogP contribution in [0.25, 0.3) is 27.9 Å². The Balaban J connectivity index is 1.74. The second-order valence-corrected chi connectivity index (χ2v) is 10.4. The summed E-state index contributed by atoms with van der Waals surface area (Å²) in [4.78, 5) is 9.63. The van der Waals surface area contributed by atoms with Crippen LogP contribution in [-0.4, -0.2) is 23.3 Å². The number of hydrogen-bond donors (Lipinski definition) is 1. The monoisotopic (exact) mass is 506 g/mol. The van der Waals surface area contributed by atoms with Crippen molar-refractivity contribution in [2.24, 2.45) is 4.36 Å². The van der Waals surface area contributed by atoms with Gasteiger partial charge in [-0.3, -0.25) is 4.55 Å². The van der Waals surface area contributed by atoms with Gasteiger partial charge in [-0.15, -0.1) is 4.36 Å². The average Bonchev–Trinajstić information content (AvgIpc) is 3.22. The van der Waals surface area contributed by atoms with Gasteiger partial charge >= 0.3 is 0 Å². The van der Waals surface area contributed by atoms with Crippen LogP contribution in [0.5, 0.6) is 0 Å². The third kappa shape index (κ3) is 4.77. The van der Waals surface area contributed by atoms with E-state index in [1.807, 2.05) is 53.4 Å². The predicted octanol–water partition coefficient (Wildman–Crippen LogP) is 6.34. The van der Waals surface area contributed by atoms with Crippen molar-refractivity contribution in [1.29, 1.82) is 0 Å². The Labute approximate surface area is 209 Å². The van der Waals surface area contributed by atoms with Crippen LogP contribution < -0.4 is 4.57 Å². The summed E-state index contributed by atoms with van der Waals surface area (Å²) in [5, 5.41) is 0.474. The summed E-state index contributed by atoms with van der Waals surface area (Å²) in [6.45, 7) is 3.04. The number of rotatable bonds is 7. The molecule has 0 spiro atoms. The normalized spacial score (nSPS) is 13.2. The lowest BCUT2D eigenvalue weighted by Crippen LogP contribution is -2.32. The Morgan fingerprint density at radius 3 is 2.40 bits per heavy atom. The van der Waals surface area contributed by atoms with Crippen LogP contribution in [0.15, 0.2) is 88.4 Å². The van der Waals surface area contributed by atoms with E-state index in [0.717, 1.165) is 36.8 Å². The standard InChI is InChI=1S/C26H24ClN5O2S/c1-2-3-8-17-31-18-32(24-12-7-6-11-23(24)31)26-25(28-21-9-4-5-10-22(21)29-26)30-35(33,34)20-15-13-19(27)14-16-20/h4-7,9-16,18H,2-3,8,17H2,1H3/p+1. The van der Waals surface area contributed by atoms with Crippen molar-refractivity contribution in [3.63, 3.8) is 0 Å². The van der Waals surface area contributed by atoms with Crippen LogP contribution in [0, 0.1) is 0 Å². The Bertz CT molecular complexity index is 1640. The molecule has 5 rings (SSSR count). The first kappa shape index (κ1) is 23.4. The predicted molar refractivity (Wildman–Crippen MR) is 139 cm³/mol. The minimum Gasteiger partial charge on any atom is -0.296 e. The van der Waals surface area contributed by atoms with Crippen molar-refractivity contribution in [2.45, 2.75) is 37.6 Å². The fraction of sp³-hybridized carbons (Fsp3) is 0.192. The fourth-order valence-electron chi connectivity index (χ4n) is 4.04. The zero-order valence-corrected chi connectivity index (χ0v) is 20.8. The van der Waals surface area contributed by atoms with E-state index < -0.39 is 10.0 Å². The van der Waals surface area contributed by atoms with Gasteiger partial charge in [-0.05, 0) is 61.4 Å². The van der Waals surface area contributed by atoms with Crippen molar-refractivity contribution < 1.29 is 13.3 Å². The molecule has 178 valence electrons. The summed E-state index contributed by atoms with van der Waals surface area (Å²) in [5.41, 5.74) is 3.23. The second kappa shape index (κ2) is 9.73. The third-order valence-electron chi connectivity index (χ3n) is 5.80. The molecule has 0 amide bonds. The zero-order chi connectivity index (χ0) is 24.4. The lowest BCUT2D eigenvalue weighted by Gasteiger charge is -2.06. The largest absolute Gasteiger partial charge is 0.296 e. The third-order valence-corrected chi connectivity index (χ3v) is 7.36. The first-order chi connectivity index (χ1) is 17.0. The maximum absolute atomic E-state index is 13.3. The van der Waals surface area contributed by atoms with E-state index >= 15 is 0 Å². The Morgan fingerprint density at radius 1 is 0.971 bits per heavy atom. The van der Waals surface area contributed by atoms with Gasteiger partial charge in [-0.25, -0.2) is 18.7 Å². The molecule has 3 aromatic carbocycles. The van der Waals surface area contributed by atoms with Crippen LogP contribution in [0.4, 0.5) is 5.82 Å². The molecular weight excluding hydrogens is 482 g/mol. The van der Waals surface area contributed by atoms with Crippen molar-refractivity contribution in [1.82, 2.24) is 14.5 Å². The van der Waals surface area contributed by atoms with Crippen molar-refractivity contribution in [2.75, 3.05) is 0 Å². The average molecular weight is 507 g/mol. The minimum absolute atomic E-state index is 0.0904. The molecule has 0 saturated heterocycles. The molecule has 0 aliphatic carbocycles. The van der Waals surface area contributed by atoms with E-state index in [4.69, 9.17) is 16.6 Å². The zero-order valence-electron chi connectivity index (χ0n) is 19.2. The molecule has 0 aliphatic rings. The minimum atomic E-state index is -3.80. The molecule has 0 radical (unpaired) electrons. The summed E-state index contributed by atoms with van der Waals surface area (Å²) < 4.78 is 32.5. The highest BCUT2D eigenvalue weighted by Gasteiger charge is 2.24. The Kier molecular flexibility index (Phi) is 6.51. The summed E-state index contributed by atoms with van der Waals surface area (Å²) in [7, 11) is -3.80. The van der Waals surface area contributed by atoms with Crippen LogP contribution in [0.1, 0.15) is 26.2 Å². The number of imidazole rings is 1. The molecule has 1 unspecified atom stereocenters. The summed E-state index contributed by atoms with van der Waals surface area (Å²) >= 11 is 5.96. The molecule has 0 bridgehead atoms. The molecule has 9 heteroatoms. The highest BCUT2D eigenvalue weighted by atomic mass is 35.5. The molecule has 2 heterocycles. The Hall–Kier alpha value is -3.33. The van der Waals surface area contributed by atoms with Crippen LogP contribution in [0.3, 0.4) is 0 Å². The van der Waals surface area contributed by atoms with Crippen molar-refractivity contribution in [3.8, 4) is 5.82 Å². The molecule has 0 fully saturated rings. The number of hydrogen-bond acceptors (Lipinski definition) is 4. The van der Waals surface area contributed by atoms with Crippen molar-refractivity contribution >= 4 is 49.5 Å². The number of fused-ring (bicyclic) bond motifs is 2. The van der Waals surface area contributed by atoms with Gasteiger partial charge in [0.1, 0.15) is 0 Å². The molecular formula is C26H25ClN5O2S+. The van der Waals surface area contributed by atoms with Gasteiger partial charge in [-0.2, -0.15) is 4.57 Å². The first-order valence-corrected chi connectivity index (χ1v) is 13.3. The second-order valence-electron chi connectivity index (χ2n) is 8.28. The van der Waals surface area contributed by atoms with Gasteiger partial charge in [0.25, 0.3) is 12.1 Å². The number of unbranched alkanes of at least 4 members (excludes halogenated alkanes) is 2. The van der Waals surface area contributed by atoms with E-state index in [1.165, 1.54) is 12.1 Å². The van der Waals surface area contributed by atoms with Gasteiger partial charge in [0.2, 0.25) is 5.82 Å². The topological polar surface area (TPSA) is 84.3 Å². The van der Waals surface area contributed by atoms with Crippen LogP contribution in [-0.2, 0) is 16.6 Å². The molecule has 2 aromatic heterocycles. The molecule has 35 heavy (non-hydrogen) atoms. The van der Waals surface area contributed by atoms with Crippen molar-refractivity contribution in [3.05, 3.63) is 84.1 Å². The summed E-state index contributed by atoms with van der Waals surface area (Å²) in [5.74, 6) is 0.484. The van der Waals surface area contributed by atoms with E-state index in [2.05, 4.69) is 26.9 Å². The Morgan fingerprint density at radius 2 is 1.66 bits per heavy atom. The molecule has 0 saturated carbocycles. The van der Waals surface area contributed by atoms with Gasteiger partial charge < -0.3 is 0 Å². The SMILES string of the molecule is CCCCC[n+]1cn(-c2nc3ccccc3nc2N=S(=O)(O)c2ccc(Cl)cc2)c2ccccc21. The number of aromatic nitrogens is 4. The lowest BCUT2D eigenvalue weighted by atomic mass is 10.2. The van der Waals surface area contributed by atoms with E-state index in [9.17, 15) is 8.76 Å². The number of aryl methyl sites for hydroxylation is 1. The first-order valence-electron chi connectivity index (χ1n) is 11.5. The molecule has 1 atom stereocenters. The van der Waals surface area contributed by atoms with Crippen LogP contribution >= 0.6 is 11.6 Å². The highest BCUT2D eigenvalue weighted by molar-refractivity contribution is 7.88. The lowest BCUT2D eigenvalue weighted by molar-refractivity contribution is -0.672. The fourth-order valence-corrected chi connectivity index (χ4v) is 5.12. The molecule has 1 N–H and O–H groups in total. The quantitative estimate of drug-likeness (QED) is 0.206. The summed E-state index contributed by atoms with van der Waals surface area (Å²) in [6.07, 6.45) is 5.29. The van der Waals surface area contributed by atoms with Gasteiger partial charge in [-0.1, -0.05) is 49.2 Å². The van der Waals surface area contributed by atoms with Crippen LogP contribution in [0.2, 0.25) is 5.02 Å². The number of benzene rings is 3. The number of halogens is 1. The van der Waals surface area contributed by atoms with E-state index in [0.29, 0.717) is 21.9 Å². The molecule has 7 nitrogen and oxygen atoms in total. The maximum Gasteiger partial charge on any atom is 0.273 e. The number of nitrogens with zero attached hydrogens (tertiary/aromatic N) is 5. The maximum atomic E-state index is 13.3. The van der Waals surface area contributed by atoms with E-state index in [-0.39, 0.29) is 10.7 Å². The van der Waals surface area contributed by atoms with Gasteiger partial charge in [0.05, 0.1) is 22.5 Å². The smallest absolute Gasteiger partial charge is 0.273 e.